The van der Waals surface area contributed by atoms with E-state index >= 15 is 0 Å². The van der Waals surface area contributed by atoms with Crippen LogP contribution in [0.15, 0.2) is 194 Å². The van der Waals surface area contributed by atoms with E-state index in [1.54, 1.807) is 69.9 Å². The number of phenols is 3. The maximum Gasteiger partial charge on any atom is 0.269 e. The largest absolute Gasteiger partial charge is 0.505 e. The molecular formula is C98H143FN6O9. The molecule has 1 amide bonds. The second-order valence-electron chi connectivity index (χ2n) is 37.5. The summed E-state index contributed by atoms with van der Waals surface area (Å²) in [5, 5.41) is 44.2. The fraction of sp³-hybridized carbons (Fsp3) is 0.449. The number of ether oxygens (including phenoxy) is 3. The number of nitrogens with zero attached hydrogens (tertiary/aromatic N) is 3. The van der Waals surface area contributed by atoms with Gasteiger partial charge in [0.15, 0.2) is 34.6 Å². The Labute approximate surface area is 686 Å². The maximum atomic E-state index is 12.9. The first-order valence-corrected chi connectivity index (χ1v) is 39.0. The molecule has 1 heterocycles. The van der Waals surface area contributed by atoms with E-state index in [0.29, 0.717) is 17.4 Å². The average molecular weight is 1570 g/mol. The van der Waals surface area contributed by atoms with Gasteiger partial charge in [-0.1, -0.05) is 272 Å². The highest BCUT2D eigenvalue weighted by molar-refractivity contribution is 5.88. The summed E-state index contributed by atoms with van der Waals surface area (Å²) in [6.45, 7) is 62.5. The van der Waals surface area contributed by atoms with Crippen molar-refractivity contribution in [3.63, 3.8) is 0 Å². The number of methoxy groups -OCH3 is 3. The van der Waals surface area contributed by atoms with Crippen LogP contribution in [-0.4, -0.2) is 73.1 Å². The van der Waals surface area contributed by atoms with Crippen LogP contribution in [0.3, 0.4) is 0 Å². The average Bonchev–Trinajstić information content (AvgIpc) is 0.850. The minimum absolute atomic E-state index is 0.0338. The van der Waals surface area contributed by atoms with Gasteiger partial charge < -0.3 is 50.8 Å². The number of aromatic nitrogens is 1. The molecule has 9 rings (SSSR count). The number of nitro benzene ring substituents is 1. The second-order valence-corrected chi connectivity index (χ2v) is 37.5. The van der Waals surface area contributed by atoms with Gasteiger partial charge in [0.1, 0.15) is 0 Å². The molecular weight excluding hydrogens is 1420 g/mol. The quantitative estimate of drug-likeness (QED) is 0.0475. The summed E-state index contributed by atoms with van der Waals surface area (Å²) in [5.41, 5.74) is 21.9. The van der Waals surface area contributed by atoms with Gasteiger partial charge >= 0.3 is 0 Å². The highest BCUT2D eigenvalue weighted by Crippen LogP contribution is 2.35. The minimum atomic E-state index is -0.553. The summed E-state index contributed by atoms with van der Waals surface area (Å²) in [6.07, 6.45) is 1.86. The molecule has 0 spiro atoms. The molecule has 9 aromatic rings. The molecule has 626 valence electrons. The van der Waals surface area contributed by atoms with Crippen molar-refractivity contribution in [3.05, 3.63) is 260 Å². The third-order valence-electron chi connectivity index (χ3n) is 17.9. The van der Waals surface area contributed by atoms with Crippen LogP contribution in [0.2, 0.25) is 0 Å². The Balaban J connectivity index is 0.000000642. The van der Waals surface area contributed by atoms with E-state index in [9.17, 15) is 29.5 Å². The molecule has 114 heavy (non-hydrogen) atoms. The summed E-state index contributed by atoms with van der Waals surface area (Å²) in [4.78, 5) is 27.0. The molecule has 0 aliphatic carbocycles. The van der Waals surface area contributed by atoms with Crippen molar-refractivity contribution >= 4 is 34.3 Å². The zero-order valence-corrected chi connectivity index (χ0v) is 75.8. The van der Waals surface area contributed by atoms with Gasteiger partial charge in [-0.25, -0.2) is 9.37 Å². The minimum Gasteiger partial charge on any atom is -0.505 e. The fourth-order valence-electron chi connectivity index (χ4n) is 10.1. The number of halogens is 1. The highest BCUT2D eigenvalue weighted by Gasteiger charge is 2.21. The molecule has 16 heteroatoms. The topological polar surface area (TPSA) is 215 Å². The molecule has 0 radical (unpaired) electrons. The number of hydrogen-bond donors (Lipinski definition) is 6. The van der Waals surface area contributed by atoms with Gasteiger partial charge in [-0.15, -0.1) is 0 Å². The van der Waals surface area contributed by atoms with Gasteiger partial charge in [0.2, 0.25) is 11.8 Å². The first kappa shape index (κ1) is 102. The van der Waals surface area contributed by atoms with E-state index in [-0.39, 0.29) is 82.5 Å². The lowest BCUT2D eigenvalue weighted by atomic mass is 9.87. The van der Waals surface area contributed by atoms with Crippen LogP contribution < -0.4 is 35.5 Å². The van der Waals surface area contributed by atoms with Crippen molar-refractivity contribution in [1.29, 1.82) is 0 Å². The lowest BCUT2D eigenvalue weighted by Crippen LogP contribution is -2.12. The summed E-state index contributed by atoms with van der Waals surface area (Å²) >= 11 is 0. The molecule has 0 aliphatic heterocycles. The zero-order chi connectivity index (χ0) is 87.9. The van der Waals surface area contributed by atoms with Gasteiger partial charge in [-0.2, -0.15) is 0 Å². The summed E-state index contributed by atoms with van der Waals surface area (Å²) in [7, 11) is 8.85. The number of nitro groups is 1. The second kappa shape index (κ2) is 44.5. The molecule has 7 N–H and O–H groups in total. The number of aromatic hydroxyl groups is 3. The van der Waals surface area contributed by atoms with E-state index in [4.69, 9.17) is 25.1 Å². The standard InChI is InChI=1S/C12H17NO.2C12H19N.2C11H16O2.C10H13FO.C10H13NO2.C10H15NO.C10H15N/c1-9(14)13-11-7-5-10(6-8-11)12(2,3)4;1-12(2,3)10-6-8-11(9-7-10)13(4)5;1-5-13-11-8-6-10(7-9-11)12(2,3)4;1-11(2,3)8-5-6-10(13-4)9(12)7-8;1-11(2,3)8-5-6-9(12)10(7-8)13-4;1-10(2,3)7-4-5-9(12)8(11)6-7;1-10(2,3)8-4-6-9(7-5-8)11(12)13;1-10(2,3)8-5-6-9(12-4)11-7-8;1-10(2,3)8-4-6-9(11)7-5-8/h5-8H,1-4H3,(H,13,14);6-9H,1-5H3;6-9,13H,5H2,1-4H3;2*5-7,12H,1-4H3;4-6,12H,1-3H3;4-7H,1-3H3;5-7H,1-4H3;4-7H,11H2,1-3H3. The van der Waals surface area contributed by atoms with Crippen molar-refractivity contribution in [3.8, 4) is 34.6 Å². The number of nitrogens with two attached hydrogens (primary N) is 1. The summed E-state index contributed by atoms with van der Waals surface area (Å²) < 4.78 is 27.8. The molecule has 0 fully saturated rings. The van der Waals surface area contributed by atoms with Crippen molar-refractivity contribution in [2.75, 3.05) is 63.2 Å². The molecule has 0 saturated carbocycles. The summed E-state index contributed by atoms with van der Waals surface area (Å²) in [6, 6.07) is 59.5. The predicted octanol–water partition coefficient (Wildman–Crippen LogP) is 25.5. The van der Waals surface area contributed by atoms with Crippen LogP contribution in [0.25, 0.3) is 0 Å². The number of phenolic OH excluding ortho intramolecular Hbond substituents is 3. The number of nitrogens with one attached hydrogen (secondary N) is 2. The first-order valence-electron chi connectivity index (χ1n) is 39.0. The summed E-state index contributed by atoms with van der Waals surface area (Å²) in [5.74, 6) is 1.24. The number of rotatable bonds is 8. The van der Waals surface area contributed by atoms with Crippen molar-refractivity contribution in [1.82, 2.24) is 4.98 Å². The third kappa shape index (κ3) is 38.6. The van der Waals surface area contributed by atoms with Crippen LogP contribution >= 0.6 is 0 Å². The Bertz CT molecular complexity index is 4280. The fourth-order valence-corrected chi connectivity index (χ4v) is 10.1. The molecule has 0 atom stereocenters. The lowest BCUT2D eigenvalue weighted by Gasteiger charge is -2.20. The molecule has 0 saturated heterocycles. The van der Waals surface area contributed by atoms with Gasteiger partial charge in [0, 0.05) is 74.7 Å². The van der Waals surface area contributed by atoms with Crippen LogP contribution in [-0.2, 0) is 53.5 Å². The van der Waals surface area contributed by atoms with E-state index < -0.39 is 5.82 Å². The third-order valence-corrected chi connectivity index (χ3v) is 17.9. The van der Waals surface area contributed by atoms with Gasteiger partial charge in [0.25, 0.3) is 5.69 Å². The molecule has 8 aromatic carbocycles. The van der Waals surface area contributed by atoms with Crippen LogP contribution in [0.5, 0.6) is 34.6 Å². The van der Waals surface area contributed by atoms with Gasteiger partial charge in [-0.05, 0) is 191 Å². The van der Waals surface area contributed by atoms with Crippen LogP contribution in [0.4, 0.5) is 32.8 Å². The molecule has 1 aromatic heterocycles. The smallest absolute Gasteiger partial charge is 0.269 e. The number of non-ortho nitro benzene ring substituents is 1. The van der Waals surface area contributed by atoms with Gasteiger partial charge in [0.05, 0.1) is 26.3 Å². The zero-order valence-electron chi connectivity index (χ0n) is 75.8. The van der Waals surface area contributed by atoms with Crippen LogP contribution in [0, 0.1) is 15.9 Å². The number of pyridine rings is 1. The van der Waals surface area contributed by atoms with Crippen LogP contribution in [0.1, 0.15) is 251 Å². The number of anilines is 4. The Morgan fingerprint density at radius 2 is 0.746 bits per heavy atom. The molecule has 0 unspecified atom stereocenters. The van der Waals surface area contributed by atoms with E-state index in [0.717, 1.165) is 40.2 Å². The Morgan fingerprint density at radius 1 is 0.421 bits per heavy atom. The van der Waals surface area contributed by atoms with E-state index in [1.165, 1.54) is 58.2 Å². The molecule has 15 nitrogen and oxygen atoms in total. The SMILES string of the molecule is CC(=O)Nc1ccc(C(C)(C)C)cc1.CC(C)(C)c1ccc(N)cc1.CC(C)(C)c1ccc(O)c(F)c1.CC(C)(C)c1ccc([N+](=O)[O-])cc1.CCNc1ccc(C(C)(C)C)cc1.CN(C)c1ccc(C(C)(C)C)cc1.COc1cc(C(C)(C)C)ccc1O.COc1ccc(C(C)(C)C)cc1O.COc1ccc(C(C)(C)C)cn1. The van der Waals surface area contributed by atoms with Crippen molar-refractivity contribution in [2.45, 2.75) is 250 Å². The first-order chi connectivity index (χ1) is 52.1. The number of nitrogen functional groups attached to an aromatic ring is 1. The number of carbonyl (C=O) groups is 1. The van der Waals surface area contributed by atoms with Crippen molar-refractivity contribution in [2.24, 2.45) is 0 Å². The lowest BCUT2D eigenvalue weighted by molar-refractivity contribution is -0.384. The number of benzene rings is 8. The maximum absolute atomic E-state index is 12.9. The monoisotopic (exact) mass is 1570 g/mol. The van der Waals surface area contributed by atoms with E-state index in [1.807, 2.05) is 93.7 Å². The number of carbonyl (C=O) groups excluding carboxylic acids is 1. The van der Waals surface area contributed by atoms with Gasteiger partial charge in [-0.3, -0.25) is 14.9 Å². The Kier molecular flexibility index (Phi) is 39.8. The highest BCUT2D eigenvalue weighted by atomic mass is 19.1. The normalized spacial score (nSPS) is 11.4. The molecule has 0 aliphatic rings. The predicted molar refractivity (Wildman–Crippen MR) is 483 cm³/mol. The van der Waals surface area contributed by atoms with E-state index in [2.05, 4.69) is 268 Å². The van der Waals surface area contributed by atoms with Crippen molar-refractivity contribution < 1.29 is 43.6 Å². The number of amides is 1. The Morgan fingerprint density at radius 3 is 1.06 bits per heavy atom. The number of hydrogen-bond acceptors (Lipinski definition) is 13. The molecule has 0 bridgehead atoms. The Hall–Kier alpha value is -10.1.